The molecule has 6 nitrogen and oxygen atoms in total. The highest BCUT2D eigenvalue weighted by molar-refractivity contribution is 5.91. The number of hydrogen-bond acceptors (Lipinski definition) is 5. The molecule has 1 atom stereocenters. The number of methoxy groups -OCH3 is 1. The molecule has 1 aromatic heterocycles. The Hall–Kier alpha value is -2.47. The molecule has 1 aromatic carbocycles. The Morgan fingerprint density at radius 3 is 2.62 bits per heavy atom. The van der Waals surface area contributed by atoms with E-state index in [9.17, 15) is 4.79 Å². The van der Waals surface area contributed by atoms with Crippen molar-refractivity contribution in [3.05, 3.63) is 54.1 Å². The van der Waals surface area contributed by atoms with Crippen molar-refractivity contribution in [3.8, 4) is 5.75 Å². The van der Waals surface area contributed by atoms with Gasteiger partial charge in [-0.25, -0.2) is 4.98 Å². The summed E-state index contributed by atoms with van der Waals surface area (Å²) in [5.74, 6) is 0.642. The number of rotatable bonds is 6. The Morgan fingerprint density at radius 1 is 1.25 bits per heavy atom. The number of amides is 1. The van der Waals surface area contributed by atoms with Gasteiger partial charge in [0, 0.05) is 18.9 Å². The van der Waals surface area contributed by atoms with Crippen LogP contribution in [-0.4, -0.2) is 47.5 Å². The van der Waals surface area contributed by atoms with Gasteiger partial charge >= 0.3 is 0 Å². The normalized spacial score (nSPS) is 15.9. The lowest BCUT2D eigenvalue weighted by Gasteiger charge is -2.28. The molecule has 2 aromatic rings. The van der Waals surface area contributed by atoms with Crippen molar-refractivity contribution in [2.24, 2.45) is 0 Å². The van der Waals surface area contributed by atoms with Gasteiger partial charge in [-0.2, -0.15) is 0 Å². The average Bonchev–Trinajstić information content (AvgIpc) is 3.17. The van der Waals surface area contributed by atoms with Gasteiger partial charge in [-0.05, 0) is 43.6 Å². The molecule has 0 spiro atoms. The molecule has 0 bridgehead atoms. The second-order valence-corrected chi connectivity index (χ2v) is 5.83. The third-order valence-electron chi connectivity index (χ3n) is 4.33. The van der Waals surface area contributed by atoms with Gasteiger partial charge in [-0.3, -0.25) is 14.7 Å². The molecule has 1 saturated heterocycles. The molecule has 1 fully saturated rings. The Bertz CT molecular complexity index is 654. The SMILES string of the molecule is COc1ccc(C(CNC(=O)c2cnccn2)N2CCCC2)cc1. The predicted molar refractivity (Wildman–Crippen MR) is 90.9 cm³/mol. The van der Waals surface area contributed by atoms with Crippen LogP contribution >= 0.6 is 0 Å². The molecule has 0 saturated carbocycles. The lowest BCUT2D eigenvalue weighted by atomic mass is 10.1. The van der Waals surface area contributed by atoms with E-state index in [1.165, 1.54) is 30.8 Å². The van der Waals surface area contributed by atoms with E-state index >= 15 is 0 Å². The monoisotopic (exact) mass is 326 g/mol. The number of nitrogens with zero attached hydrogens (tertiary/aromatic N) is 3. The number of aromatic nitrogens is 2. The molecule has 2 heterocycles. The maximum absolute atomic E-state index is 12.2. The minimum absolute atomic E-state index is 0.152. The summed E-state index contributed by atoms with van der Waals surface area (Å²) in [7, 11) is 1.66. The maximum Gasteiger partial charge on any atom is 0.271 e. The molecule has 6 heteroatoms. The van der Waals surface area contributed by atoms with Crippen LogP contribution in [-0.2, 0) is 0 Å². The van der Waals surface area contributed by atoms with Crippen LogP contribution in [0.1, 0.15) is 34.9 Å². The highest BCUT2D eigenvalue weighted by Gasteiger charge is 2.24. The summed E-state index contributed by atoms with van der Waals surface area (Å²) >= 11 is 0. The first-order valence-corrected chi connectivity index (χ1v) is 8.20. The number of ether oxygens (including phenoxy) is 1. The van der Waals surface area contributed by atoms with Gasteiger partial charge in [-0.1, -0.05) is 12.1 Å². The van der Waals surface area contributed by atoms with E-state index in [4.69, 9.17) is 4.74 Å². The van der Waals surface area contributed by atoms with E-state index in [1.807, 2.05) is 12.1 Å². The van der Waals surface area contributed by atoms with Crippen LogP contribution in [0.4, 0.5) is 0 Å². The summed E-state index contributed by atoms with van der Waals surface area (Å²) in [5, 5.41) is 2.99. The van der Waals surface area contributed by atoms with Gasteiger partial charge in [0.25, 0.3) is 5.91 Å². The Balaban J connectivity index is 1.71. The highest BCUT2D eigenvalue weighted by Crippen LogP contribution is 2.26. The summed E-state index contributed by atoms with van der Waals surface area (Å²) in [4.78, 5) is 22.6. The number of hydrogen-bond donors (Lipinski definition) is 1. The van der Waals surface area contributed by atoms with Crippen molar-refractivity contribution in [2.45, 2.75) is 18.9 Å². The standard InChI is InChI=1S/C18H22N4O2/c1-24-15-6-4-14(5-7-15)17(22-10-2-3-11-22)13-21-18(23)16-12-19-8-9-20-16/h4-9,12,17H,2-3,10-11,13H2,1H3,(H,21,23). The van der Waals surface area contributed by atoms with Crippen LogP contribution in [0.15, 0.2) is 42.9 Å². The minimum atomic E-state index is -0.194. The van der Waals surface area contributed by atoms with Gasteiger partial charge < -0.3 is 10.1 Å². The van der Waals surface area contributed by atoms with Crippen LogP contribution in [0.2, 0.25) is 0 Å². The molecule has 126 valence electrons. The van der Waals surface area contributed by atoms with E-state index < -0.39 is 0 Å². The molecule has 24 heavy (non-hydrogen) atoms. The summed E-state index contributed by atoms with van der Waals surface area (Å²) in [6.45, 7) is 2.65. The number of nitrogens with one attached hydrogen (secondary N) is 1. The molecule has 1 aliphatic rings. The van der Waals surface area contributed by atoms with Crippen LogP contribution in [0.3, 0.4) is 0 Å². The van der Waals surface area contributed by atoms with Gasteiger partial charge in [0.15, 0.2) is 0 Å². The van der Waals surface area contributed by atoms with Crippen LogP contribution in [0.25, 0.3) is 0 Å². The number of carbonyl (C=O) groups excluding carboxylic acids is 1. The first-order valence-electron chi connectivity index (χ1n) is 8.20. The second kappa shape index (κ2) is 7.88. The zero-order valence-corrected chi connectivity index (χ0v) is 13.8. The molecular formula is C18H22N4O2. The third-order valence-corrected chi connectivity index (χ3v) is 4.33. The Morgan fingerprint density at radius 2 is 2.00 bits per heavy atom. The zero-order valence-electron chi connectivity index (χ0n) is 13.8. The van der Waals surface area contributed by atoms with Gasteiger partial charge in [0.05, 0.1) is 19.3 Å². The van der Waals surface area contributed by atoms with E-state index in [0.29, 0.717) is 12.2 Å². The maximum atomic E-state index is 12.2. The van der Waals surface area contributed by atoms with Crippen molar-refractivity contribution >= 4 is 5.91 Å². The topological polar surface area (TPSA) is 67.3 Å². The van der Waals surface area contributed by atoms with Gasteiger partial charge in [0.2, 0.25) is 0 Å². The summed E-state index contributed by atoms with van der Waals surface area (Å²) in [6.07, 6.45) is 6.96. The quantitative estimate of drug-likeness (QED) is 0.880. The fourth-order valence-corrected chi connectivity index (χ4v) is 3.03. The van der Waals surface area contributed by atoms with Crippen LogP contribution < -0.4 is 10.1 Å². The molecule has 0 radical (unpaired) electrons. The molecule has 0 aliphatic carbocycles. The predicted octanol–water partition coefficient (Wildman–Crippen LogP) is 2.05. The summed E-state index contributed by atoms with van der Waals surface area (Å²) in [6, 6.07) is 8.21. The molecule has 3 rings (SSSR count). The molecule has 1 N–H and O–H groups in total. The lowest BCUT2D eigenvalue weighted by Crippen LogP contribution is -2.37. The van der Waals surface area contributed by atoms with Crippen molar-refractivity contribution in [1.82, 2.24) is 20.2 Å². The van der Waals surface area contributed by atoms with Gasteiger partial charge in [0.1, 0.15) is 11.4 Å². The summed E-state index contributed by atoms with van der Waals surface area (Å²) < 4.78 is 5.23. The van der Waals surface area contributed by atoms with Crippen LogP contribution in [0, 0.1) is 0 Å². The van der Waals surface area contributed by atoms with E-state index in [1.54, 1.807) is 13.3 Å². The number of likely N-dealkylation sites (tertiary alicyclic amines) is 1. The lowest BCUT2D eigenvalue weighted by molar-refractivity contribution is 0.0932. The van der Waals surface area contributed by atoms with E-state index in [2.05, 4.69) is 32.3 Å². The van der Waals surface area contributed by atoms with Crippen LogP contribution in [0.5, 0.6) is 5.75 Å². The van der Waals surface area contributed by atoms with Crippen molar-refractivity contribution in [1.29, 1.82) is 0 Å². The molecular weight excluding hydrogens is 304 g/mol. The molecule has 1 aliphatic heterocycles. The zero-order chi connectivity index (χ0) is 16.8. The Labute approximate surface area is 141 Å². The van der Waals surface area contributed by atoms with Crippen molar-refractivity contribution < 1.29 is 9.53 Å². The second-order valence-electron chi connectivity index (χ2n) is 5.83. The molecule has 1 unspecified atom stereocenters. The van der Waals surface area contributed by atoms with E-state index in [-0.39, 0.29) is 11.9 Å². The summed E-state index contributed by atoms with van der Waals surface area (Å²) in [5.41, 5.74) is 1.52. The first-order chi connectivity index (χ1) is 11.8. The smallest absolute Gasteiger partial charge is 0.271 e. The highest BCUT2D eigenvalue weighted by atomic mass is 16.5. The first kappa shape index (κ1) is 16.4. The van der Waals surface area contributed by atoms with E-state index in [0.717, 1.165) is 18.8 Å². The van der Waals surface area contributed by atoms with Crippen molar-refractivity contribution in [3.63, 3.8) is 0 Å². The molecule has 1 amide bonds. The fourth-order valence-electron chi connectivity index (χ4n) is 3.03. The number of carbonyl (C=O) groups is 1. The number of benzene rings is 1. The average molecular weight is 326 g/mol. The fraction of sp³-hybridized carbons (Fsp3) is 0.389. The largest absolute Gasteiger partial charge is 0.497 e. The minimum Gasteiger partial charge on any atom is -0.497 e. The third kappa shape index (κ3) is 3.89. The Kier molecular flexibility index (Phi) is 5.38. The van der Waals surface area contributed by atoms with Crippen molar-refractivity contribution in [2.75, 3.05) is 26.7 Å². The van der Waals surface area contributed by atoms with Gasteiger partial charge in [-0.15, -0.1) is 0 Å².